The van der Waals surface area contributed by atoms with Gasteiger partial charge >= 0.3 is 0 Å². The van der Waals surface area contributed by atoms with Crippen LogP contribution < -0.4 is 4.90 Å². The van der Waals surface area contributed by atoms with E-state index in [0.717, 1.165) is 18.5 Å². The van der Waals surface area contributed by atoms with Crippen molar-refractivity contribution in [2.75, 3.05) is 31.1 Å². The van der Waals surface area contributed by atoms with Gasteiger partial charge in [-0.25, -0.2) is 0 Å². The van der Waals surface area contributed by atoms with E-state index in [9.17, 15) is 5.26 Å². The van der Waals surface area contributed by atoms with E-state index < -0.39 is 0 Å². The number of likely N-dealkylation sites (tertiary alicyclic amines) is 1. The van der Waals surface area contributed by atoms with Gasteiger partial charge in [-0.1, -0.05) is 23.9 Å². The molecule has 25 heavy (non-hydrogen) atoms. The van der Waals surface area contributed by atoms with Gasteiger partial charge in [0.1, 0.15) is 0 Å². The smallest absolute Gasteiger partial charge is 0.0992 e. The number of para-hydroxylation sites is 1. The number of benzene rings is 2. The molecule has 0 saturated carbocycles. The second-order valence-corrected chi connectivity index (χ2v) is 7.50. The van der Waals surface area contributed by atoms with Crippen molar-refractivity contribution in [1.29, 1.82) is 5.26 Å². The molecule has 0 radical (unpaired) electrons. The van der Waals surface area contributed by atoms with Gasteiger partial charge in [0.2, 0.25) is 0 Å². The second kappa shape index (κ2) is 8.14. The summed E-state index contributed by atoms with van der Waals surface area (Å²) in [5, 5.41) is 9.26. The zero-order chi connectivity index (χ0) is 16.4. The Morgan fingerprint density at radius 2 is 1.72 bits per heavy atom. The van der Waals surface area contributed by atoms with Crippen LogP contribution in [0.25, 0.3) is 0 Å². The van der Waals surface area contributed by atoms with Crippen molar-refractivity contribution in [1.82, 2.24) is 4.90 Å². The third-order valence-corrected chi connectivity index (χ3v) is 5.94. The van der Waals surface area contributed by atoms with Crippen LogP contribution in [0.2, 0.25) is 0 Å². The zero-order valence-corrected chi connectivity index (χ0v) is 15.8. The SMILES string of the molecule is Cl.N#Cc1ccc2c(c1)N(CCCN1CCCC1)c1ccccc1S2. The lowest BCUT2D eigenvalue weighted by Gasteiger charge is -2.33. The van der Waals surface area contributed by atoms with Crippen molar-refractivity contribution in [2.24, 2.45) is 0 Å². The van der Waals surface area contributed by atoms with E-state index in [2.05, 4.69) is 46.2 Å². The molecule has 0 spiro atoms. The number of hydrogen-bond donors (Lipinski definition) is 0. The maximum atomic E-state index is 9.26. The highest BCUT2D eigenvalue weighted by atomic mass is 35.5. The van der Waals surface area contributed by atoms with Crippen LogP contribution in [0.15, 0.2) is 52.3 Å². The molecule has 0 aliphatic carbocycles. The topological polar surface area (TPSA) is 30.3 Å². The fraction of sp³-hybridized carbons (Fsp3) is 0.350. The molecule has 5 heteroatoms. The molecule has 0 N–H and O–H groups in total. The molecule has 130 valence electrons. The van der Waals surface area contributed by atoms with E-state index in [4.69, 9.17) is 0 Å². The molecule has 2 aromatic rings. The highest BCUT2D eigenvalue weighted by Crippen LogP contribution is 2.48. The second-order valence-electron chi connectivity index (χ2n) is 6.42. The van der Waals surface area contributed by atoms with Gasteiger partial charge in [-0.15, -0.1) is 12.4 Å². The van der Waals surface area contributed by atoms with Gasteiger partial charge in [-0.05, 0) is 69.2 Å². The minimum atomic E-state index is 0. The third kappa shape index (κ3) is 3.79. The van der Waals surface area contributed by atoms with Crippen molar-refractivity contribution in [3.63, 3.8) is 0 Å². The molecule has 1 saturated heterocycles. The molecule has 0 aromatic heterocycles. The molecule has 4 rings (SSSR count). The van der Waals surface area contributed by atoms with Crippen molar-refractivity contribution >= 4 is 35.5 Å². The Hall–Kier alpha value is -1.67. The van der Waals surface area contributed by atoms with Gasteiger partial charge < -0.3 is 9.80 Å². The molecule has 2 aliphatic heterocycles. The maximum absolute atomic E-state index is 9.26. The minimum absolute atomic E-state index is 0. The van der Waals surface area contributed by atoms with E-state index in [0.29, 0.717) is 0 Å². The van der Waals surface area contributed by atoms with E-state index >= 15 is 0 Å². The first-order valence-electron chi connectivity index (χ1n) is 8.66. The number of nitrogens with zero attached hydrogens (tertiary/aromatic N) is 3. The monoisotopic (exact) mass is 371 g/mol. The Morgan fingerprint density at radius 3 is 2.52 bits per heavy atom. The molecular formula is C20H22ClN3S. The average molecular weight is 372 g/mol. The van der Waals surface area contributed by atoms with Gasteiger partial charge in [0, 0.05) is 16.3 Å². The standard InChI is InChI=1S/C20H21N3S.ClH/c21-15-16-8-9-20-18(14-16)23(13-5-12-22-10-3-4-11-22)17-6-1-2-7-19(17)24-20;/h1-2,6-9,14H,3-5,10-13H2;1H. The number of nitriles is 1. The van der Waals surface area contributed by atoms with Crippen LogP contribution in [-0.2, 0) is 0 Å². The van der Waals surface area contributed by atoms with Crippen LogP contribution in [-0.4, -0.2) is 31.1 Å². The van der Waals surface area contributed by atoms with Crippen molar-refractivity contribution in [2.45, 2.75) is 29.1 Å². The van der Waals surface area contributed by atoms with Crippen LogP contribution in [0.4, 0.5) is 11.4 Å². The number of anilines is 2. The zero-order valence-electron chi connectivity index (χ0n) is 14.1. The van der Waals surface area contributed by atoms with Crippen LogP contribution in [0.3, 0.4) is 0 Å². The summed E-state index contributed by atoms with van der Waals surface area (Å²) in [6, 6.07) is 16.9. The summed E-state index contributed by atoms with van der Waals surface area (Å²) < 4.78 is 0. The predicted octanol–water partition coefficient (Wildman–Crippen LogP) is 5.07. The summed E-state index contributed by atoms with van der Waals surface area (Å²) in [6.07, 6.45) is 3.84. The molecule has 0 unspecified atom stereocenters. The number of fused-ring (bicyclic) bond motifs is 2. The normalized spacial score (nSPS) is 15.9. The van der Waals surface area contributed by atoms with E-state index in [1.807, 2.05) is 12.1 Å². The molecule has 0 amide bonds. The first-order chi connectivity index (χ1) is 11.8. The molecule has 2 heterocycles. The van der Waals surface area contributed by atoms with E-state index in [-0.39, 0.29) is 12.4 Å². The number of halogens is 1. The fourth-order valence-corrected chi connectivity index (χ4v) is 4.67. The molecule has 3 nitrogen and oxygen atoms in total. The van der Waals surface area contributed by atoms with Crippen molar-refractivity contribution in [3.05, 3.63) is 48.0 Å². The lowest BCUT2D eigenvalue weighted by Crippen LogP contribution is -2.27. The van der Waals surface area contributed by atoms with Crippen LogP contribution >= 0.6 is 24.2 Å². The molecular weight excluding hydrogens is 350 g/mol. The molecule has 0 atom stereocenters. The average Bonchev–Trinajstić information content (AvgIpc) is 3.14. The minimum Gasteiger partial charge on any atom is -0.340 e. The highest BCUT2D eigenvalue weighted by Gasteiger charge is 2.23. The Morgan fingerprint density at radius 1 is 0.960 bits per heavy atom. The molecule has 2 aliphatic rings. The Bertz CT molecular complexity index is 781. The number of rotatable bonds is 4. The summed E-state index contributed by atoms with van der Waals surface area (Å²) in [5.41, 5.74) is 3.18. The summed E-state index contributed by atoms with van der Waals surface area (Å²) in [7, 11) is 0. The summed E-state index contributed by atoms with van der Waals surface area (Å²) in [4.78, 5) is 7.51. The van der Waals surface area contributed by atoms with Gasteiger partial charge in [0.25, 0.3) is 0 Å². The summed E-state index contributed by atoms with van der Waals surface area (Å²) >= 11 is 1.80. The predicted molar refractivity (Wildman–Crippen MR) is 106 cm³/mol. The van der Waals surface area contributed by atoms with Gasteiger partial charge in [-0.3, -0.25) is 0 Å². The molecule has 1 fully saturated rings. The first-order valence-corrected chi connectivity index (χ1v) is 9.48. The largest absolute Gasteiger partial charge is 0.340 e. The Labute approximate surface area is 160 Å². The summed E-state index contributed by atoms with van der Waals surface area (Å²) in [6.45, 7) is 4.66. The lowest BCUT2D eigenvalue weighted by molar-refractivity contribution is 0.335. The Kier molecular flexibility index (Phi) is 5.90. The van der Waals surface area contributed by atoms with Gasteiger partial charge in [0.15, 0.2) is 0 Å². The summed E-state index contributed by atoms with van der Waals surface area (Å²) in [5.74, 6) is 0. The van der Waals surface area contributed by atoms with E-state index in [1.54, 1.807) is 11.8 Å². The first kappa shape index (κ1) is 18.1. The van der Waals surface area contributed by atoms with Gasteiger partial charge in [-0.2, -0.15) is 5.26 Å². The van der Waals surface area contributed by atoms with E-state index in [1.165, 1.54) is 53.6 Å². The number of hydrogen-bond acceptors (Lipinski definition) is 4. The Balaban J connectivity index is 0.00000182. The maximum Gasteiger partial charge on any atom is 0.0992 e. The van der Waals surface area contributed by atoms with Crippen LogP contribution in [0, 0.1) is 11.3 Å². The van der Waals surface area contributed by atoms with Gasteiger partial charge in [0.05, 0.1) is 23.0 Å². The highest BCUT2D eigenvalue weighted by molar-refractivity contribution is 7.99. The lowest BCUT2D eigenvalue weighted by atomic mass is 10.1. The van der Waals surface area contributed by atoms with Crippen molar-refractivity contribution in [3.8, 4) is 6.07 Å². The van der Waals surface area contributed by atoms with Crippen molar-refractivity contribution < 1.29 is 0 Å². The molecule has 2 aromatic carbocycles. The third-order valence-electron chi connectivity index (χ3n) is 4.81. The molecule has 0 bridgehead atoms. The van der Waals surface area contributed by atoms with Crippen LogP contribution in [0.5, 0.6) is 0 Å². The quantitative estimate of drug-likeness (QED) is 0.750. The fourth-order valence-electron chi connectivity index (χ4n) is 3.60. The van der Waals surface area contributed by atoms with Crippen LogP contribution in [0.1, 0.15) is 24.8 Å².